The third kappa shape index (κ3) is 2.80. The summed E-state index contributed by atoms with van der Waals surface area (Å²) in [4.78, 5) is 0. The van der Waals surface area contributed by atoms with E-state index >= 15 is 0 Å². The highest BCUT2D eigenvalue weighted by molar-refractivity contribution is 7.74. The van der Waals surface area contributed by atoms with E-state index in [1.54, 1.807) is 0 Å². The van der Waals surface area contributed by atoms with Gasteiger partial charge in [0.1, 0.15) is 0 Å². The fourth-order valence-corrected chi connectivity index (χ4v) is 3.94. The summed E-state index contributed by atoms with van der Waals surface area (Å²) < 4.78 is 18.5. The van der Waals surface area contributed by atoms with Crippen molar-refractivity contribution in [2.75, 3.05) is 7.11 Å². The van der Waals surface area contributed by atoms with Gasteiger partial charge < -0.3 is 4.52 Å². The lowest BCUT2D eigenvalue weighted by molar-refractivity contribution is 0.412. The molecule has 0 aliphatic rings. The Labute approximate surface area is 114 Å². The molecule has 0 saturated carbocycles. The van der Waals surface area contributed by atoms with Crippen LogP contribution in [-0.2, 0) is 9.09 Å². The molecule has 2 aromatic rings. The van der Waals surface area contributed by atoms with E-state index in [0.29, 0.717) is 5.92 Å². The van der Waals surface area contributed by atoms with Crippen molar-refractivity contribution in [2.45, 2.75) is 19.8 Å². The molecule has 100 valence electrons. The fraction of sp³-hybridized carbons (Fsp3) is 0.250. The maximum atomic E-state index is 13.1. The lowest BCUT2D eigenvalue weighted by Crippen LogP contribution is -2.17. The molecule has 0 aliphatic carbocycles. The van der Waals surface area contributed by atoms with Crippen LogP contribution in [0.25, 0.3) is 0 Å². The van der Waals surface area contributed by atoms with Crippen LogP contribution in [0.4, 0.5) is 0 Å². The highest BCUT2D eigenvalue weighted by Crippen LogP contribution is 2.43. The van der Waals surface area contributed by atoms with Gasteiger partial charge in [0.25, 0.3) is 7.37 Å². The van der Waals surface area contributed by atoms with Crippen molar-refractivity contribution in [1.29, 1.82) is 0 Å². The molecule has 0 spiro atoms. The van der Waals surface area contributed by atoms with Crippen LogP contribution >= 0.6 is 7.37 Å². The first-order valence-electron chi connectivity index (χ1n) is 6.40. The van der Waals surface area contributed by atoms with Gasteiger partial charge in [0.05, 0.1) is 0 Å². The molecule has 0 aromatic heterocycles. The zero-order chi connectivity index (χ0) is 13.9. The summed E-state index contributed by atoms with van der Waals surface area (Å²) in [5, 5.41) is 1.49. The number of benzene rings is 2. The third-order valence-corrected chi connectivity index (χ3v) is 5.68. The lowest BCUT2D eigenvalue weighted by Gasteiger charge is -2.18. The molecule has 0 fully saturated rings. The number of hydrogen-bond donors (Lipinski definition) is 0. The van der Waals surface area contributed by atoms with E-state index in [2.05, 4.69) is 19.9 Å². The second-order valence-corrected chi connectivity index (χ2v) is 7.32. The Morgan fingerprint density at radius 2 is 1.58 bits per heavy atom. The number of rotatable bonds is 4. The van der Waals surface area contributed by atoms with Crippen molar-refractivity contribution in [3.63, 3.8) is 0 Å². The lowest BCUT2D eigenvalue weighted by atomic mass is 10.0. The van der Waals surface area contributed by atoms with Gasteiger partial charge >= 0.3 is 0 Å². The average Bonchev–Trinajstić information content (AvgIpc) is 2.47. The second kappa shape index (κ2) is 5.73. The highest BCUT2D eigenvalue weighted by atomic mass is 31.2. The van der Waals surface area contributed by atoms with Crippen LogP contribution in [-0.4, -0.2) is 7.11 Å². The first kappa shape index (κ1) is 14.0. The Hall–Kier alpha value is -1.37. The molecule has 2 nitrogen and oxygen atoms in total. The van der Waals surface area contributed by atoms with Crippen LogP contribution in [0.3, 0.4) is 0 Å². The van der Waals surface area contributed by atoms with E-state index < -0.39 is 7.37 Å². The highest BCUT2D eigenvalue weighted by Gasteiger charge is 2.27. The standard InChI is InChI=1S/C16H19O2P/c1-13(2)14-8-7-11-16(12-14)19(17,18-3)15-9-5-4-6-10-15/h4-13H,1-3H3. The van der Waals surface area contributed by atoms with Gasteiger partial charge in [0, 0.05) is 17.7 Å². The molecule has 2 aromatic carbocycles. The maximum Gasteiger partial charge on any atom is 0.261 e. The van der Waals surface area contributed by atoms with Crippen molar-refractivity contribution in [3.8, 4) is 0 Å². The van der Waals surface area contributed by atoms with Crippen molar-refractivity contribution >= 4 is 18.0 Å². The fourth-order valence-electron chi connectivity index (χ4n) is 2.05. The van der Waals surface area contributed by atoms with E-state index in [4.69, 9.17) is 4.52 Å². The molecule has 1 unspecified atom stereocenters. The maximum absolute atomic E-state index is 13.1. The van der Waals surface area contributed by atoms with Crippen molar-refractivity contribution in [2.24, 2.45) is 0 Å². The van der Waals surface area contributed by atoms with Gasteiger partial charge in [-0.25, -0.2) is 0 Å². The molecule has 0 heterocycles. The first-order valence-corrected chi connectivity index (χ1v) is 8.02. The van der Waals surface area contributed by atoms with E-state index in [-0.39, 0.29) is 0 Å². The molecular formula is C16H19O2P. The minimum atomic E-state index is -2.97. The van der Waals surface area contributed by atoms with Gasteiger partial charge in [0.2, 0.25) is 0 Å². The predicted octanol–water partition coefficient (Wildman–Crippen LogP) is 3.69. The summed E-state index contributed by atoms with van der Waals surface area (Å²) in [5.41, 5.74) is 1.17. The first-order chi connectivity index (χ1) is 9.08. The van der Waals surface area contributed by atoms with E-state index in [9.17, 15) is 4.57 Å². The molecule has 0 aliphatic heterocycles. The summed E-state index contributed by atoms with van der Waals surface area (Å²) in [6, 6.07) is 17.2. The Morgan fingerprint density at radius 3 is 2.16 bits per heavy atom. The van der Waals surface area contributed by atoms with Gasteiger partial charge in [-0.05, 0) is 35.7 Å². The predicted molar refractivity (Wildman–Crippen MR) is 80.9 cm³/mol. The second-order valence-electron chi connectivity index (χ2n) is 4.82. The van der Waals surface area contributed by atoms with Gasteiger partial charge in [-0.1, -0.05) is 44.2 Å². The van der Waals surface area contributed by atoms with Crippen LogP contribution < -0.4 is 10.6 Å². The van der Waals surface area contributed by atoms with Crippen LogP contribution in [0.2, 0.25) is 0 Å². The summed E-state index contributed by atoms with van der Waals surface area (Å²) in [5.74, 6) is 0.404. The molecule has 3 heteroatoms. The molecule has 0 bridgehead atoms. The van der Waals surface area contributed by atoms with Crippen molar-refractivity contribution < 1.29 is 9.09 Å². The van der Waals surface area contributed by atoms with Crippen LogP contribution in [0.1, 0.15) is 25.3 Å². The normalized spacial score (nSPS) is 14.3. The molecule has 1 atom stereocenters. The van der Waals surface area contributed by atoms with Crippen molar-refractivity contribution in [1.82, 2.24) is 0 Å². The Balaban J connectivity index is 2.53. The van der Waals surface area contributed by atoms with E-state index in [1.165, 1.54) is 12.7 Å². The molecule has 0 amide bonds. The quantitative estimate of drug-likeness (QED) is 0.795. The van der Waals surface area contributed by atoms with Gasteiger partial charge in [-0.3, -0.25) is 4.57 Å². The van der Waals surface area contributed by atoms with E-state index in [1.807, 2.05) is 48.5 Å². The summed E-state index contributed by atoms with van der Waals surface area (Å²) in [6.07, 6.45) is 0. The summed E-state index contributed by atoms with van der Waals surface area (Å²) >= 11 is 0. The van der Waals surface area contributed by atoms with Crippen molar-refractivity contribution in [3.05, 3.63) is 60.2 Å². The molecule has 0 radical (unpaired) electrons. The molecule has 0 N–H and O–H groups in total. The topological polar surface area (TPSA) is 26.3 Å². The third-order valence-electron chi connectivity index (χ3n) is 3.23. The van der Waals surface area contributed by atoms with Gasteiger partial charge in [-0.2, -0.15) is 0 Å². The largest absolute Gasteiger partial charge is 0.325 e. The Kier molecular flexibility index (Phi) is 4.24. The Morgan fingerprint density at radius 1 is 0.947 bits per heavy atom. The molecule has 0 saturated heterocycles. The zero-order valence-electron chi connectivity index (χ0n) is 11.5. The minimum Gasteiger partial charge on any atom is -0.325 e. The summed E-state index contributed by atoms with van der Waals surface area (Å²) in [7, 11) is -1.46. The SMILES string of the molecule is COP(=O)(c1ccccc1)c1cccc(C(C)C)c1. The van der Waals surface area contributed by atoms with E-state index in [0.717, 1.165) is 10.6 Å². The molecular weight excluding hydrogens is 255 g/mol. The van der Waals surface area contributed by atoms with Crippen LogP contribution in [0.5, 0.6) is 0 Å². The average molecular weight is 274 g/mol. The smallest absolute Gasteiger partial charge is 0.261 e. The van der Waals surface area contributed by atoms with Crippen LogP contribution in [0, 0.1) is 0 Å². The van der Waals surface area contributed by atoms with Crippen LogP contribution in [0.15, 0.2) is 54.6 Å². The Bertz CT molecular complexity index is 591. The monoisotopic (exact) mass is 274 g/mol. The molecule has 19 heavy (non-hydrogen) atoms. The van der Waals surface area contributed by atoms with Gasteiger partial charge in [0.15, 0.2) is 0 Å². The zero-order valence-corrected chi connectivity index (χ0v) is 12.4. The summed E-state index contributed by atoms with van der Waals surface area (Å²) in [6.45, 7) is 4.25. The van der Waals surface area contributed by atoms with Gasteiger partial charge in [-0.15, -0.1) is 0 Å². The minimum absolute atomic E-state index is 0.404. The molecule has 2 rings (SSSR count). The number of hydrogen-bond acceptors (Lipinski definition) is 2.